The van der Waals surface area contributed by atoms with Crippen LogP contribution in [0.5, 0.6) is 5.75 Å². The van der Waals surface area contributed by atoms with Gasteiger partial charge in [-0.2, -0.15) is 0 Å². The lowest BCUT2D eigenvalue weighted by Crippen LogP contribution is -2.04. The summed E-state index contributed by atoms with van der Waals surface area (Å²) >= 11 is 16.9. The fourth-order valence-corrected chi connectivity index (χ4v) is 3.38. The van der Waals surface area contributed by atoms with Gasteiger partial charge in [0.15, 0.2) is 5.82 Å². The SMILES string of the molecule is Nc1nc(COc2cc(Cl)c(Br)cc2Cl)nc2sccc12. The maximum absolute atomic E-state index is 6.10. The summed E-state index contributed by atoms with van der Waals surface area (Å²) in [6.07, 6.45) is 0. The molecule has 2 N–H and O–H groups in total. The smallest absolute Gasteiger partial charge is 0.169 e. The summed E-state index contributed by atoms with van der Waals surface area (Å²) in [5.74, 6) is 1.41. The summed E-state index contributed by atoms with van der Waals surface area (Å²) < 4.78 is 6.34. The Morgan fingerprint density at radius 2 is 2.05 bits per heavy atom. The van der Waals surface area contributed by atoms with Crippen LogP contribution in [0, 0.1) is 0 Å². The lowest BCUT2D eigenvalue weighted by molar-refractivity contribution is 0.297. The first-order valence-electron chi connectivity index (χ1n) is 5.81. The predicted octanol–water partition coefficient (Wildman–Crippen LogP) is 4.92. The van der Waals surface area contributed by atoms with E-state index >= 15 is 0 Å². The lowest BCUT2D eigenvalue weighted by Gasteiger charge is -2.09. The zero-order chi connectivity index (χ0) is 15.0. The standard InChI is InChI=1S/C13H8BrCl2N3OS/c14-7-3-9(16)10(4-8(7)15)20-5-11-18-12(17)6-1-2-21-13(6)19-11/h1-4H,5H2,(H2,17,18,19). The summed E-state index contributed by atoms with van der Waals surface area (Å²) in [7, 11) is 0. The zero-order valence-corrected chi connectivity index (χ0v) is 14.4. The average molecular weight is 405 g/mol. The fraction of sp³-hybridized carbons (Fsp3) is 0.0769. The number of halogens is 3. The average Bonchev–Trinajstić information content (AvgIpc) is 2.90. The normalized spacial score (nSPS) is 11.0. The molecule has 0 radical (unpaired) electrons. The molecule has 0 aliphatic rings. The Morgan fingerprint density at radius 1 is 1.24 bits per heavy atom. The van der Waals surface area contributed by atoms with Crippen molar-refractivity contribution in [2.24, 2.45) is 0 Å². The number of nitrogens with zero attached hydrogens (tertiary/aromatic N) is 2. The van der Waals surface area contributed by atoms with E-state index in [1.54, 1.807) is 12.1 Å². The summed E-state index contributed by atoms with van der Waals surface area (Å²) in [5.41, 5.74) is 5.89. The Labute approximate surface area is 143 Å². The van der Waals surface area contributed by atoms with Crippen LogP contribution >= 0.6 is 50.5 Å². The number of nitrogens with two attached hydrogens (primary N) is 1. The molecule has 4 nitrogen and oxygen atoms in total. The number of ether oxygens (including phenoxy) is 1. The monoisotopic (exact) mass is 403 g/mol. The second kappa shape index (κ2) is 5.96. The van der Waals surface area contributed by atoms with Crippen molar-refractivity contribution in [1.82, 2.24) is 9.97 Å². The van der Waals surface area contributed by atoms with Gasteiger partial charge in [0, 0.05) is 10.5 Å². The van der Waals surface area contributed by atoms with Crippen LogP contribution in [0.2, 0.25) is 10.0 Å². The maximum Gasteiger partial charge on any atom is 0.169 e. The molecule has 0 bridgehead atoms. The third kappa shape index (κ3) is 3.08. The summed E-state index contributed by atoms with van der Waals surface area (Å²) in [6.45, 7) is 0.162. The molecule has 0 aliphatic heterocycles. The van der Waals surface area contributed by atoms with E-state index in [0.29, 0.717) is 31.9 Å². The van der Waals surface area contributed by atoms with Crippen molar-refractivity contribution < 1.29 is 4.74 Å². The van der Waals surface area contributed by atoms with Crippen LogP contribution in [0.3, 0.4) is 0 Å². The first-order valence-corrected chi connectivity index (χ1v) is 8.24. The molecule has 108 valence electrons. The van der Waals surface area contributed by atoms with Gasteiger partial charge in [-0.05, 0) is 33.4 Å². The van der Waals surface area contributed by atoms with E-state index in [2.05, 4.69) is 25.9 Å². The number of fused-ring (bicyclic) bond motifs is 1. The van der Waals surface area contributed by atoms with Crippen LogP contribution in [0.1, 0.15) is 5.82 Å². The van der Waals surface area contributed by atoms with Gasteiger partial charge in [-0.15, -0.1) is 11.3 Å². The van der Waals surface area contributed by atoms with Gasteiger partial charge in [-0.3, -0.25) is 0 Å². The minimum absolute atomic E-state index is 0.162. The first-order chi connectivity index (χ1) is 10.0. The van der Waals surface area contributed by atoms with Crippen molar-refractivity contribution in [1.29, 1.82) is 0 Å². The van der Waals surface area contributed by atoms with Crippen LogP contribution in [0.15, 0.2) is 28.1 Å². The molecule has 0 saturated carbocycles. The Kier molecular flexibility index (Phi) is 4.21. The third-order valence-electron chi connectivity index (χ3n) is 2.73. The van der Waals surface area contributed by atoms with E-state index in [9.17, 15) is 0 Å². The van der Waals surface area contributed by atoms with Crippen molar-refractivity contribution in [3.63, 3.8) is 0 Å². The molecule has 3 rings (SSSR count). The van der Waals surface area contributed by atoms with E-state index in [4.69, 9.17) is 33.7 Å². The van der Waals surface area contributed by atoms with Gasteiger partial charge in [-0.1, -0.05) is 23.2 Å². The second-order valence-electron chi connectivity index (χ2n) is 4.15. The molecular formula is C13H8BrCl2N3OS. The number of benzene rings is 1. The van der Waals surface area contributed by atoms with Gasteiger partial charge in [0.25, 0.3) is 0 Å². The molecule has 0 unspecified atom stereocenters. The Hall–Kier alpha value is -1.08. The Balaban J connectivity index is 1.85. The number of rotatable bonds is 3. The molecule has 2 heterocycles. The van der Waals surface area contributed by atoms with Crippen molar-refractivity contribution >= 4 is 66.5 Å². The summed E-state index contributed by atoms with van der Waals surface area (Å²) in [5, 5.41) is 3.75. The first kappa shape index (κ1) is 14.8. The minimum atomic E-state index is 0.162. The largest absolute Gasteiger partial charge is 0.484 e. The van der Waals surface area contributed by atoms with Crippen molar-refractivity contribution in [3.8, 4) is 5.75 Å². The zero-order valence-electron chi connectivity index (χ0n) is 10.4. The molecule has 0 fully saturated rings. The number of thiophene rings is 1. The number of hydrogen-bond acceptors (Lipinski definition) is 5. The summed E-state index contributed by atoms with van der Waals surface area (Å²) in [4.78, 5) is 9.45. The molecule has 0 amide bonds. The molecule has 0 aliphatic carbocycles. The maximum atomic E-state index is 6.10. The number of hydrogen-bond donors (Lipinski definition) is 1. The van der Waals surface area contributed by atoms with Crippen molar-refractivity contribution in [2.45, 2.75) is 6.61 Å². The fourth-order valence-electron chi connectivity index (χ4n) is 1.75. The highest BCUT2D eigenvalue weighted by atomic mass is 79.9. The van der Waals surface area contributed by atoms with Crippen molar-refractivity contribution in [2.75, 3.05) is 5.73 Å². The summed E-state index contributed by atoms with van der Waals surface area (Å²) in [6, 6.07) is 5.21. The Bertz CT molecular complexity index is 825. The molecule has 0 spiro atoms. The van der Waals surface area contributed by atoms with Crippen LogP contribution in [-0.2, 0) is 6.61 Å². The van der Waals surface area contributed by atoms with Gasteiger partial charge in [0.05, 0.1) is 15.4 Å². The molecular weight excluding hydrogens is 397 g/mol. The highest BCUT2D eigenvalue weighted by molar-refractivity contribution is 9.10. The van der Waals surface area contributed by atoms with Gasteiger partial charge >= 0.3 is 0 Å². The van der Waals surface area contributed by atoms with Crippen LogP contribution in [0.4, 0.5) is 5.82 Å². The molecule has 8 heteroatoms. The Morgan fingerprint density at radius 3 is 2.86 bits per heavy atom. The van der Waals surface area contributed by atoms with Gasteiger partial charge in [0.2, 0.25) is 0 Å². The van der Waals surface area contributed by atoms with E-state index < -0.39 is 0 Å². The number of anilines is 1. The molecule has 21 heavy (non-hydrogen) atoms. The van der Waals surface area contributed by atoms with E-state index in [1.165, 1.54) is 11.3 Å². The molecule has 0 atom stereocenters. The van der Waals surface area contributed by atoms with E-state index in [0.717, 1.165) is 10.2 Å². The molecule has 1 aromatic carbocycles. The molecule has 0 saturated heterocycles. The second-order valence-corrected chi connectivity index (χ2v) is 6.71. The van der Waals surface area contributed by atoms with E-state index in [1.807, 2.05) is 11.4 Å². The topological polar surface area (TPSA) is 61.0 Å². The molecule has 2 aromatic heterocycles. The minimum Gasteiger partial charge on any atom is -0.484 e. The highest BCUT2D eigenvalue weighted by Crippen LogP contribution is 2.34. The quantitative estimate of drug-likeness (QED) is 0.629. The van der Waals surface area contributed by atoms with Crippen LogP contribution in [0.25, 0.3) is 10.2 Å². The van der Waals surface area contributed by atoms with Crippen molar-refractivity contribution in [3.05, 3.63) is 43.9 Å². The molecule has 3 aromatic rings. The van der Waals surface area contributed by atoms with Gasteiger partial charge in [0.1, 0.15) is 23.0 Å². The third-order valence-corrected chi connectivity index (χ3v) is 5.03. The van der Waals surface area contributed by atoms with Gasteiger partial charge in [-0.25, -0.2) is 9.97 Å². The lowest BCUT2D eigenvalue weighted by atomic mass is 10.3. The number of aromatic nitrogens is 2. The van der Waals surface area contributed by atoms with Crippen LogP contribution in [-0.4, -0.2) is 9.97 Å². The number of nitrogen functional groups attached to an aromatic ring is 1. The van der Waals surface area contributed by atoms with Crippen LogP contribution < -0.4 is 10.5 Å². The predicted molar refractivity (Wildman–Crippen MR) is 90.3 cm³/mol. The van der Waals surface area contributed by atoms with E-state index in [-0.39, 0.29) is 6.61 Å². The van der Waals surface area contributed by atoms with Gasteiger partial charge < -0.3 is 10.5 Å². The highest BCUT2D eigenvalue weighted by Gasteiger charge is 2.10.